The second kappa shape index (κ2) is 6.01. The van der Waals surface area contributed by atoms with Crippen LogP contribution in [0.15, 0.2) is 36.4 Å². The number of hydrogen-bond donors (Lipinski definition) is 1. The molecule has 0 aliphatic rings. The van der Waals surface area contributed by atoms with Gasteiger partial charge in [-0.05, 0) is 36.2 Å². The van der Waals surface area contributed by atoms with Crippen LogP contribution >= 0.6 is 0 Å². The lowest BCUT2D eigenvalue weighted by atomic mass is 10.1. The van der Waals surface area contributed by atoms with Gasteiger partial charge in [0.15, 0.2) is 0 Å². The summed E-state index contributed by atoms with van der Waals surface area (Å²) >= 11 is 0. The molecule has 2 aromatic rings. The Balaban J connectivity index is 2.22. The summed E-state index contributed by atoms with van der Waals surface area (Å²) in [5.41, 5.74) is 2.20. The van der Waals surface area contributed by atoms with E-state index in [2.05, 4.69) is 5.32 Å². The van der Waals surface area contributed by atoms with E-state index in [9.17, 15) is 14.5 Å². The van der Waals surface area contributed by atoms with Gasteiger partial charge in [-0.3, -0.25) is 10.1 Å². The van der Waals surface area contributed by atoms with Crippen LogP contribution in [0.1, 0.15) is 16.7 Å². The molecule has 0 fully saturated rings. The molecule has 1 N–H and O–H groups in total. The fourth-order valence-corrected chi connectivity index (χ4v) is 1.91. The van der Waals surface area contributed by atoms with E-state index in [4.69, 9.17) is 5.26 Å². The molecule has 0 saturated carbocycles. The van der Waals surface area contributed by atoms with Gasteiger partial charge in [-0.2, -0.15) is 5.26 Å². The molecule has 5 nitrogen and oxygen atoms in total. The number of nitriles is 1. The third-order valence-electron chi connectivity index (χ3n) is 3.11. The van der Waals surface area contributed by atoms with Crippen LogP contribution in [-0.2, 0) is 6.54 Å². The van der Waals surface area contributed by atoms with Gasteiger partial charge in [-0.1, -0.05) is 6.07 Å². The lowest BCUT2D eigenvalue weighted by Gasteiger charge is -2.10. The van der Waals surface area contributed by atoms with Gasteiger partial charge in [-0.15, -0.1) is 0 Å². The molecule has 0 amide bonds. The first-order valence-electron chi connectivity index (χ1n) is 6.18. The van der Waals surface area contributed by atoms with E-state index in [1.807, 2.05) is 13.0 Å². The van der Waals surface area contributed by atoms with E-state index in [1.165, 1.54) is 30.3 Å². The normalized spacial score (nSPS) is 9.95. The minimum absolute atomic E-state index is 0.140. The van der Waals surface area contributed by atoms with Crippen molar-refractivity contribution >= 4 is 11.4 Å². The number of rotatable bonds is 4. The molecule has 0 spiro atoms. The van der Waals surface area contributed by atoms with E-state index < -0.39 is 4.92 Å². The summed E-state index contributed by atoms with van der Waals surface area (Å²) in [6, 6.07) is 10.4. The van der Waals surface area contributed by atoms with Crippen LogP contribution in [0, 0.1) is 34.2 Å². The molecule has 0 heterocycles. The van der Waals surface area contributed by atoms with E-state index >= 15 is 0 Å². The van der Waals surface area contributed by atoms with Gasteiger partial charge >= 0.3 is 0 Å². The summed E-state index contributed by atoms with van der Waals surface area (Å²) in [7, 11) is 0. The van der Waals surface area contributed by atoms with Crippen molar-refractivity contribution in [3.05, 3.63) is 69.0 Å². The highest BCUT2D eigenvalue weighted by Gasteiger charge is 2.10. The second-order valence-corrected chi connectivity index (χ2v) is 4.52. The Bertz CT molecular complexity index is 738. The first kappa shape index (κ1) is 14.5. The highest BCUT2D eigenvalue weighted by molar-refractivity contribution is 5.61. The number of nitrogens with zero attached hydrogens (tertiary/aromatic N) is 2. The molecule has 0 radical (unpaired) electrons. The Kier molecular flexibility index (Phi) is 4.14. The first-order chi connectivity index (χ1) is 10.0. The number of halogens is 1. The molecule has 0 bridgehead atoms. The zero-order chi connectivity index (χ0) is 15.4. The molecule has 0 atom stereocenters. The third-order valence-corrected chi connectivity index (χ3v) is 3.11. The van der Waals surface area contributed by atoms with Crippen molar-refractivity contribution in [1.29, 1.82) is 5.26 Å². The number of anilines is 1. The van der Waals surface area contributed by atoms with Crippen molar-refractivity contribution in [1.82, 2.24) is 0 Å². The molecule has 0 unspecified atom stereocenters. The topological polar surface area (TPSA) is 79.0 Å². The second-order valence-electron chi connectivity index (χ2n) is 4.52. The number of non-ortho nitro benzene ring substituents is 1. The van der Waals surface area contributed by atoms with Gasteiger partial charge in [0.25, 0.3) is 5.69 Å². The average Bonchev–Trinajstić information content (AvgIpc) is 2.47. The lowest BCUT2D eigenvalue weighted by molar-refractivity contribution is -0.384. The Morgan fingerprint density at radius 2 is 2.10 bits per heavy atom. The molecule has 6 heteroatoms. The Labute approximate surface area is 120 Å². The highest BCUT2D eigenvalue weighted by Crippen LogP contribution is 2.22. The van der Waals surface area contributed by atoms with E-state index in [0.717, 1.165) is 11.1 Å². The van der Waals surface area contributed by atoms with Crippen molar-refractivity contribution in [3.63, 3.8) is 0 Å². The Morgan fingerprint density at radius 1 is 1.33 bits per heavy atom. The summed E-state index contributed by atoms with van der Waals surface area (Å²) in [6.07, 6.45) is 0. The summed E-state index contributed by atoms with van der Waals surface area (Å²) in [6.45, 7) is 2.19. The van der Waals surface area contributed by atoms with Gasteiger partial charge in [0.05, 0.1) is 16.2 Å². The van der Waals surface area contributed by atoms with Crippen LogP contribution in [0.2, 0.25) is 0 Å². The van der Waals surface area contributed by atoms with Crippen LogP contribution in [0.5, 0.6) is 0 Å². The molecule has 0 saturated heterocycles. The van der Waals surface area contributed by atoms with Gasteiger partial charge in [-0.25, -0.2) is 4.39 Å². The van der Waals surface area contributed by atoms with Crippen LogP contribution in [0.3, 0.4) is 0 Å². The molecule has 0 aliphatic carbocycles. The van der Waals surface area contributed by atoms with Gasteiger partial charge in [0.1, 0.15) is 11.9 Å². The molecule has 0 aromatic heterocycles. The van der Waals surface area contributed by atoms with E-state index in [0.29, 0.717) is 12.2 Å². The SMILES string of the molecule is Cc1ccc(F)cc1CNc1ccc([N+](=O)[O-])cc1C#N. The number of aryl methyl sites for hydroxylation is 1. The molecular weight excluding hydrogens is 273 g/mol. The van der Waals surface area contributed by atoms with Crippen molar-refractivity contribution in [3.8, 4) is 6.07 Å². The van der Waals surface area contributed by atoms with Crippen LogP contribution in [0.25, 0.3) is 0 Å². The molecule has 0 aliphatic heterocycles. The van der Waals surface area contributed by atoms with Crippen molar-refractivity contribution in [2.45, 2.75) is 13.5 Å². The zero-order valence-corrected chi connectivity index (χ0v) is 11.3. The summed E-state index contributed by atoms with van der Waals surface area (Å²) < 4.78 is 13.2. The van der Waals surface area contributed by atoms with E-state index in [1.54, 1.807) is 6.07 Å². The van der Waals surface area contributed by atoms with Gasteiger partial charge < -0.3 is 5.32 Å². The number of benzene rings is 2. The predicted octanol–water partition coefficient (Wildman–Crippen LogP) is 3.53. The number of nitrogens with one attached hydrogen (secondary N) is 1. The zero-order valence-electron chi connectivity index (χ0n) is 11.3. The monoisotopic (exact) mass is 285 g/mol. The van der Waals surface area contributed by atoms with E-state index in [-0.39, 0.29) is 17.1 Å². The van der Waals surface area contributed by atoms with Crippen LogP contribution in [0.4, 0.5) is 15.8 Å². The summed E-state index contributed by atoms with van der Waals surface area (Å²) in [5.74, 6) is -0.332. The fourth-order valence-electron chi connectivity index (χ4n) is 1.91. The molecular formula is C15H12FN3O2. The third kappa shape index (κ3) is 3.34. The number of nitro benzene ring substituents is 1. The molecule has 2 aromatic carbocycles. The summed E-state index contributed by atoms with van der Waals surface area (Å²) in [4.78, 5) is 10.1. The molecule has 21 heavy (non-hydrogen) atoms. The maximum Gasteiger partial charge on any atom is 0.270 e. The van der Waals surface area contributed by atoms with Crippen molar-refractivity contribution in [2.24, 2.45) is 0 Å². The lowest BCUT2D eigenvalue weighted by Crippen LogP contribution is -2.04. The van der Waals surface area contributed by atoms with Gasteiger partial charge in [0, 0.05) is 18.7 Å². The standard InChI is InChI=1S/C15H12FN3O2/c1-10-2-3-13(16)6-12(10)9-18-15-5-4-14(19(20)21)7-11(15)8-17/h2-7,18H,9H2,1H3. The molecule has 2 rings (SSSR count). The average molecular weight is 285 g/mol. The van der Waals surface area contributed by atoms with Crippen molar-refractivity contribution in [2.75, 3.05) is 5.32 Å². The quantitative estimate of drug-likeness (QED) is 0.688. The van der Waals surface area contributed by atoms with Crippen molar-refractivity contribution < 1.29 is 9.31 Å². The fraction of sp³-hybridized carbons (Fsp3) is 0.133. The van der Waals surface area contributed by atoms with Crippen LogP contribution < -0.4 is 5.32 Å². The minimum atomic E-state index is -0.554. The summed E-state index contributed by atoms with van der Waals surface area (Å²) in [5, 5.41) is 22.7. The molecule has 106 valence electrons. The Morgan fingerprint density at radius 3 is 2.76 bits per heavy atom. The smallest absolute Gasteiger partial charge is 0.270 e. The van der Waals surface area contributed by atoms with Crippen LogP contribution in [-0.4, -0.2) is 4.92 Å². The largest absolute Gasteiger partial charge is 0.380 e. The maximum atomic E-state index is 13.2. The first-order valence-corrected chi connectivity index (χ1v) is 6.18. The Hall–Kier alpha value is -2.94. The van der Waals surface area contributed by atoms with Gasteiger partial charge in [0.2, 0.25) is 0 Å². The number of nitro groups is 1. The number of hydrogen-bond acceptors (Lipinski definition) is 4. The predicted molar refractivity (Wildman–Crippen MR) is 76.3 cm³/mol. The maximum absolute atomic E-state index is 13.2. The highest BCUT2D eigenvalue weighted by atomic mass is 19.1. The minimum Gasteiger partial charge on any atom is -0.380 e.